The molecule has 0 unspecified atom stereocenters. The third-order valence-electron chi connectivity index (χ3n) is 8.20. The molecule has 0 saturated carbocycles. The van der Waals surface area contributed by atoms with Gasteiger partial charge in [-0.05, 0) is 89.7 Å². The van der Waals surface area contributed by atoms with Crippen molar-refractivity contribution in [2.45, 2.75) is 0 Å². The third kappa shape index (κ3) is 3.54. The Morgan fingerprint density at radius 3 is 1.43 bits per heavy atom. The summed E-state index contributed by atoms with van der Waals surface area (Å²) in [5.74, 6) is 0. The SMILES string of the molecule is c1ccc(-c2cccc(-c3cc(-c4ccccc4)c4c(c3-c3ccccc3)-c3cccc5cccc-4c35)c2)cc1. The summed E-state index contributed by atoms with van der Waals surface area (Å²) < 4.78 is 0. The second-order valence-electron chi connectivity index (χ2n) is 10.5. The summed E-state index contributed by atoms with van der Waals surface area (Å²) in [6.07, 6.45) is 0. The van der Waals surface area contributed by atoms with Crippen molar-refractivity contribution in [3.63, 3.8) is 0 Å². The Bertz CT molecular complexity index is 2010. The molecule has 0 spiro atoms. The van der Waals surface area contributed by atoms with E-state index in [-0.39, 0.29) is 0 Å². The van der Waals surface area contributed by atoms with Gasteiger partial charge >= 0.3 is 0 Å². The lowest BCUT2D eigenvalue weighted by molar-refractivity contribution is 1.55. The van der Waals surface area contributed by atoms with Gasteiger partial charge in [0.1, 0.15) is 0 Å². The van der Waals surface area contributed by atoms with Gasteiger partial charge in [0, 0.05) is 0 Å². The molecule has 0 fully saturated rings. The molecule has 0 atom stereocenters. The highest BCUT2D eigenvalue weighted by atomic mass is 14.3. The molecule has 0 nitrogen and oxygen atoms in total. The lowest BCUT2D eigenvalue weighted by Gasteiger charge is -2.21. The van der Waals surface area contributed by atoms with Crippen LogP contribution in [0.2, 0.25) is 0 Å². The van der Waals surface area contributed by atoms with E-state index in [1.54, 1.807) is 0 Å². The van der Waals surface area contributed by atoms with E-state index in [2.05, 4.69) is 158 Å². The molecule has 8 rings (SSSR count). The van der Waals surface area contributed by atoms with E-state index in [0.717, 1.165) is 0 Å². The minimum atomic E-state index is 1.23. The number of hydrogen-bond donors (Lipinski definition) is 0. The first-order valence-electron chi connectivity index (χ1n) is 13.9. The quantitative estimate of drug-likeness (QED) is 0.223. The Labute approximate surface area is 234 Å². The van der Waals surface area contributed by atoms with Crippen LogP contribution >= 0.6 is 0 Å². The van der Waals surface area contributed by atoms with Crippen molar-refractivity contribution < 1.29 is 0 Å². The van der Waals surface area contributed by atoms with Gasteiger partial charge in [0.05, 0.1) is 0 Å². The Morgan fingerprint density at radius 2 is 0.750 bits per heavy atom. The molecular weight excluding hydrogens is 480 g/mol. The normalized spacial score (nSPS) is 11.5. The highest BCUT2D eigenvalue weighted by molar-refractivity contribution is 6.22. The maximum atomic E-state index is 2.44. The lowest BCUT2D eigenvalue weighted by atomic mass is 9.82. The van der Waals surface area contributed by atoms with E-state index < -0.39 is 0 Å². The molecule has 0 bridgehead atoms. The van der Waals surface area contributed by atoms with Crippen LogP contribution in [-0.2, 0) is 0 Å². The molecule has 1 aliphatic carbocycles. The van der Waals surface area contributed by atoms with Gasteiger partial charge in [0.15, 0.2) is 0 Å². The fourth-order valence-electron chi connectivity index (χ4n) is 6.46. The smallest absolute Gasteiger partial charge is 0.000764 e. The first-order chi connectivity index (χ1) is 19.9. The predicted octanol–water partition coefficient (Wildman–Crippen LogP) is 11.2. The van der Waals surface area contributed by atoms with E-state index >= 15 is 0 Å². The Morgan fingerprint density at radius 1 is 0.250 bits per heavy atom. The monoisotopic (exact) mass is 506 g/mol. The van der Waals surface area contributed by atoms with Gasteiger partial charge in [-0.3, -0.25) is 0 Å². The van der Waals surface area contributed by atoms with Crippen LogP contribution in [0.3, 0.4) is 0 Å². The molecule has 0 radical (unpaired) electrons. The van der Waals surface area contributed by atoms with Gasteiger partial charge in [0.2, 0.25) is 0 Å². The molecule has 0 aliphatic heterocycles. The number of hydrogen-bond acceptors (Lipinski definition) is 0. The van der Waals surface area contributed by atoms with Crippen LogP contribution in [-0.4, -0.2) is 0 Å². The average molecular weight is 507 g/mol. The standard InChI is InChI=1S/C40H26/c1-4-13-27(14-5-1)31-21-10-22-32(25-31)36-26-35(28-15-6-2-7-16-28)39-33-23-11-19-29-20-12-24-34(37(29)33)40(39)38(36)30-17-8-3-9-18-30/h1-26H. The van der Waals surface area contributed by atoms with Gasteiger partial charge < -0.3 is 0 Å². The minimum absolute atomic E-state index is 1.23. The largest absolute Gasteiger partial charge is 0.0622 e. The Balaban J connectivity index is 1.52. The van der Waals surface area contributed by atoms with Crippen LogP contribution in [0.15, 0.2) is 158 Å². The van der Waals surface area contributed by atoms with Crippen LogP contribution < -0.4 is 0 Å². The van der Waals surface area contributed by atoms with Gasteiger partial charge in [-0.1, -0.05) is 146 Å². The second-order valence-corrected chi connectivity index (χ2v) is 10.5. The van der Waals surface area contributed by atoms with E-state index in [1.165, 1.54) is 77.5 Å². The fraction of sp³-hybridized carbons (Fsp3) is 0. The van der Waals surface area contributed by atoms with Crippen molar-refractivity contribution in [1.29, 1.82) is 0 Å². The topological polar surface area (TPSA) is 0 Å². The second kappa shape index (κ2) is 9.22. The molecule has 0 N–H and O–H groups in total. The molecular formula is C40H26. The average Bonchev–Trinajstić information content (AvgIpc) is 3.38. The zero-order chi connectivity index (χ0) is 26.5. The van der Waals surface area contributed by atoms with Crippen LogP contribution in [0.4, 0.5) is 0 Å². The summed E-state index contributed by atoms with van der Waals surface area (Å²) >= 11 is 0. The highest BCUT2D eigenvalue weighted by Gasteiger charge is 2.30. The summed E-state index contributed by atoms with van der Waals surface area (Å²) in [5.41, 5.74) is 15.3. The molecule has 40 heavy (non-hydrogen) atoms. The van der Waals surface area contributed by atoms with Crippen molar-refractivity contribution in [3.8, 4) is 66.8 Å². The molecule has 0 amide bonds. The van der Waals surface area contributed by atoms with Gasteiger partial charge in [-0.25, -0.2) is 0 Å². The first-order valence-corrected chi connectivity index (χ1v) is 13.9. The van der Waals surface area contributed by atoms with Gasteiger partial charge in [-0.15, -0.1) is 0 Å². The number of fused-ring (bicyclic) bond motifs is 3. The van der Waals surface area contributed by atoms with E-state index in [1.807, 2.05) is 0 Å². The van der Waals surface area contributed by atoms with Crippen molar-refractivity contribution in [1.82, 2.24) is 0 Å². The Hall–Kier alpha value is -5.20. The van der Waals surface area contributed by atoms with E-state index in [4.69, 9.17) is 0 Å². The molecule has 0 heteroatoms. The van der Waals surface area contributed by atoms with Gasteiger partial charge in [0.25, 0.3) is 0 Å². The molecule has 0 heterocycles. The van der Waals surface area contributed by atoms with Crippen LogP contribution in [0.25, 0.3) is 77.5 Å². The van der Waals surface area contributed by atoms with Crippen molar-refractivity contribution >= 4 is 10.8 Å². The van der Waals surface area contributed by atoms with Crippen molar-refractivity contribution in [2.24, 2.45) is 0 Å². The molecule has 1 aliphatic rings. The first kappa shape index (κ1) is 22.8. The van der Waals surface area contributed by atoms with Crippen molar-refractivity contribution in [2.75, 3.05) is 0 Å². The molecule has 186 valence electrons. The van der Waals surface area contributed by atoms with Crippen LogP contribution in [0, 0.1) is 0 Å². The van der Waals surface area contributed by atoms with Crippen LogP contribution in [0.1, 0.15) is 0 Å². The Kier molecular flexibility index (Phi) is 5.24. The summed E-state index contributed by atoms with van der Waals surface area (Å²) in [6.45, 7) is 0. The molecule has 0 saturated heterocycles. The molecule has 0 aromatic heterocycles. The summed E-state index contributed by atoms with van der Waals surface area (Å²) in [7, 11) is 0. The minimum Gasteiger partial charge on any atom is -0.0622 e. The zero-order valence-corrected chi connectivity index (χ0v) is 22.0. The number of rotatable bonds is 4. The predicted molar refractivity (Wildman–Crippen MR) is 170 cm³/mol. The van der Waals surface area contributed by atoms with Gasteiger partial charge in [-0.2, -0.15) is 0 Å². The fourth-order valence-corrected chi connectivity index (χ4v) is 6.46. The third-order valence-corrected chi connectivity index (χ3v) is 8.20. The summed E-state index contributed by atoms with van der Waals surface area (Å²) in [6, 6.07) is 57.4. The molecule has 7 aromatic rings. The summed E-state index contributed by atoms with van der Waals surface area (Å²) in [5, 5.41) is 2.64. The van der Waals surface area contributed by atoms with E-state index in [9.17, 15) is 0 Å². The maximum Gasteiger partial charge on any atom is -0.000764 e. The highest BCUT2D eigenvalue weighted by Crippen LogP contribution is 2.57. The zero-order valence-electron chi connectivity index (χ0n) is 22.0. The summed E-state index contributed by atoms with van der Waals surface area (Å²) in [4.78, 5) is 0. The van der Waals surface area contributed by atoms with Crippen molar-refractivity contribution in [3.05, 3.63) is 158 Å². The van der Waals surface area contributed by atoms with E-state index in [0.29, 0.717) is 0 Å². The van der Waals surface area contributed by atoms with Crippen LogP contribution in [0.5, 0.6) is 0 Å². The maximum absolute atomic E-state index is 2.44. The molecule has 7 aromatic carbocycles. The number of benzene rings is 7. The lowest BCUT2D eigenvalue weighted by Crippen LogP contribution is -1.94.